The fourth-order valence-electron chi connectivity index (χ4n) is 2.75. The van der Waals surface area contributed by atoms with Crippen molar-refractivity contribution in [2.75, 3.05) is 0 Å². The van der Waals surface area contributed by atoms with Crippen molar-refractivity contribution >= 4 is 17.8 Å². The first-order valence-corrected chi connectivity index (χ1v) is 6.57. The summed E-state index contributed by atoms with van der Waals surface area (Å²) in [6.07, 6.45) is 0. The van der Waals surface area contributed by atoms with Gasteiger partial charge in [0, 0.05) is 0 Å². The largest absolute Gasteiger partial charge is 0.481 e. The number of hydrogen-bond acceptors (Lipinski definition) is 3. The molecule has 0 bridgehead atoms. The summed E-state index contributed by atoms with van der Waals surface area (Å²) >= 11 is 0. The van der Waals surface area contributed by atoms with E-state index in [-0.39, 0.29) is 0 Å². The van der Waals surface area contributed by atoms with Crippen LogP contribution in [0.2, 0.25) is 0 Å². The molecule has 1 saturated carbocycles. The van der Waals surface area contributed by atoms with Crippen LogP contribution in [0.4, 0.5) is 0 Å². The molecule has 1 unspecified atom stereocenters. The maximum atomic E-state index is 12.2. The smallest absolute Gasteiger partial charge is 0.330 e. The molecule has 112 valence electrons. The molecule has 0 aromatic heterocycles. The average Bonchev–Trinajstić information content (AvgIpc) is 2.99. The van der Waals surface area contributed by atoms with Crippen LogP contribution in [0.25, 0.3) is 0 Å². The van der Waals surface area contributed by atoms with E-state index in [2.05, 4.69) is 5.32 Å². The Morgan fingerprint density at radius 3 is 2.10 bits per heavy atom. The molecule has 21 heavy (non-hydrogen) atoms. The van der Waals surface area contributed by atoms with Gasteiger partial charge in [-0.15, -0.1) is 0 Å². The molecular formula is C15H17NO5. The third kappa shape index (κ3) is 2.74. The van der Waals surface area contributed by atoms with Gasteiger partial charge in [-0.05, 0) is 11.0 Å². The summed E-state index contributed by atoms with van der Waals surface area (Å²) in [5.74, 6) is -4.24. The molecule has 0 heterocycles. The highest BCUT2D eigenvalue weighted by molar-refractivity contribution is 5.93. The van der Waals surface area contributed by atoms with Gasteiger partial charge in [0.25, 0.3) is 0 Å². The Bertz CT molecular complexity index is 581. The highest BCUT2D eigenvalue weighted by atomic mass is 16.4. The summed E-state index contributed by atoms with van der Waals surface area (Å²) in [6, 6.07) is 7.13. The Morgan fingerprint density at radius 1 is 1.10 bits per heavy atom. The molecule has 6 nitrogen and oxygen atoms in total. The number of hydrogen-bond donors (Lipinski definition) is 3. The topological polar surface area (TPSA) is 104 Å². The molecule has 6 heteroatoms. The van der Waals surface area contributed by atoms with Crippen LogP contribution in [0.5, 0.6) is 0 Å². The molecule has 1 amide bonds. The standard InChI is InChI=1S/C15H17NO5/c1-15(2)9(10(15)13(18)19)12(17)16-11(14(20)21)8-6-4-3-5-7-8/h3-7,9-11H,1-2H3,(H,16,17)(H,18,19)(H,20,21)/t9-,10+,11?/m1/s1. The van der Waals surface area contributed by atoms with Crippen molar-refractivity contribution in [3.8, 4) is 0 Å². The van der Waals surface area contributed by atoms with Gasteiger partial charge in [-0.2, -0.15) is 0 Å². The average molecular weight is 291 g/mol. The minimum atomic E-state index is -1.18. The van der Waals surface area contributed by atoms with Crippen LogP contribution in [-0.2, 0) is 14.4 Å². The van der Waals surface area contributed by atoms with Gasteiger partial charge in [0.2, 0.25) is 5.91 Å². The lowest BCUT2D eigenvalue weighted by Gasteiger charge is -2.15. The zero-order chi connectivity index (χ0) is 15.8. The molecule has 1 fully saturated rings. The monoisotopic (exact) mass is 291 g/mol. The fraction of sp³-hybridized carbons (Fsp3) is 0.400. The van der Waals surface area contributed by atoms with E-state index >= 15 is 0 Å². The van der Waals surface area contributed by atoms with E-state index in [1.165, 1.54) is 0 Å². The molecule has 0 radical (unpaired) electrons. The van der Waals surface area contributed by atoms with Gasteiger partial charge in [0.1, 0.15) is 0 Å². The summed E-state index contributed by atoms with van der Waals surface area (Å²) in [4.78, 5) is 34.6. The van der Waals surface area contributed by atoms with Gasteiger partial charge < -0.3 is 15.5 Å². The molecule has 3 N–H and O–H groups in total. The van der Waals surface area contributed by atoms with Crippen molar-refractivity contribution in [1.29, 1.82) is 0 Å². The highest BCUT2D eigenvalue weighted by Crippen LogP contribution is 2.58. The Kier molecular flexibility index (Phi) is 3.72. The van der Waals surface area contributed by atoms with E-state index in [1.807, 2.05) is 0 Å². The summed E-state index contributed by atoms with van der Waals surface area (Å²) in [7, 11) is 0. The first-order chi connectivity index (χ1) is 9.76. The quantitative estimate of drug-likeness (QED) is 0.758. The predicted octanol–water partition coefficient (Wildman–Crippen LogP) is 1.29. The lowest BCUT2D eigenvalue weighted by atomic mass is 10.1. The number of benzene rings is 1. The Balaban J connectivity index is 2.14. The van der Waals surface area contributed by atoms with E-state index in [0.717, 1.165) is 0 Å². The van der Waals surface area contributed by atoms with Crippen LogP contribution < -0.4 is 5.32 Å². The van der Waals surface area contributed by atoms with Gasteiger partial charge in [0.05, 0.1) is 11.8 Å². The van der Waals surface area contributed by atoms with Crippen molar-refractivity contribution in [3.63, 3.8) is 0 Å². The second kappa shape index (κ2) is 5.20. The Labute approximate surface area is 121 Å². The molecule has 1 aromatic rings. The SMILES string of the molecule is CC1(C)[C@H](C(=O)O)[C@@H]1C(=O)NC(C(=O)O)c1ccccc1. The third-order valence-electron chi connectivity index (χ3n) is 4.04. The normalized spacial score (nSPS) is 23.9. The summed E-state index contributed by atoms with van der Waals surface area (Å²) in [5.41, 5.74) is -0.209. The zero-order valence-corrected chi connectivity index (χ0v) is 11.7. The van der Waals surface area contributed by atoms with Crippen LogP contribution in [0.3, 0.4) is 0 Å². The second-order valence-corrected chi connectivity index (χ2v) is 5.81. The summed E-state index contributed by atoms with van der Waals surface area (Å²) < 4.78 is 0. The van der Waals surface area contributed by atoms with E-state index in [9.17, 15) is 19.5 Å². The number of carboxylic acid groups (broad SMARTS) is 2. The molecule has 3 atom stereocenters. The van der Waals surface area contributed by atoms with E-state index < -0.39 is 41.1 Å². The minimum absolute atomic E-state index is 0.448. The van der Waals surface area contributed by atoms with Gasteiger partial charge in [0.15, 0.2) is 6.04 Å². The number of carbonyl (C=O) groups is 3. The molecule has 0 aliphatic heterocycles. The highest BCUT2D eigenvalue weighted by Gasteiger charge is 2.66. The number of amides is 1. The first-order valence-electron chi connectivity index (χ1n) is 6.57. The molecule has 2 rings (SSSR count). The second-order valence-electron chi connectivity index (χ2n) is 5.81. The molecule has 0 spiro atoms. The van der Waals surface area contributed by atoms with E-state index in [0.29, 0.717) is 5.56 Å². The van der Waals surface area contributed by atoms with Crippen LogP contribution in [0, 0.1) is 17.3 Å². The van der Waals surface area contributed by atoms with Crippen LogP contribution >= 0.6 is 0 Å². The van der Waals surface area contributed by atoms with Gasteiger partial charge >= 0.3 is 11.9 Å². The summed E-state index contributed by atoms with van der Waals surface area (Å²) in [5, 5.41) is 20.8. The first kappa shape index (κ1) is 15.0. The summed E-state index contributed by atoms with van der Waals surface area (Å²) in [6.45, 7) is 3.38. The maximum Gasteiger partial charge on any atom is 0.330 e. The van der Waals surface area contributed by atoms with Crippen molar-refractivity contribution in [2.24, 2.45) is 17.3 Å². The molecule has 1 aromatic carbocycles. The number of carboxylic acids is 2. The van der Waals surface area contributed by atoms with Crippen molar-refractivity contribution in [1.82, 2.24) is 5.32 Å². The van der Waals surface area contributed by atoms with Crippen molar-refractivity contribution in [3.05, 3.63) is 35.9 Å². The fourth-order valence-corrected chi connectivity index (χ4v) is 2.75. The van der Waals surface area contributed by atoms with Gasteiger partial charge in [-0.1, -0.05) is 44.2 Å². The maximum absolute atomic E-state index is 12.2. The van der Waals surface area contributed by atoms with E-state index in [4.69, 9.17) is 5.11 Å². The Hall–Kier alpha value is -2.37. The lowest BCUT2D eigenvalue weighted by Crippen LogP contribution is -2.35. The molecule has 0 saturated heterocycles. The Morgan fingerprint density at radius 2 is 1.67 bits per heavy atom. The number of aliphatic carboxylic acids is 2. The zero-order valence-electron chi connectivity index (χ0n) is 11.7. The molecule has 1 aliphatic carbocycles. The van der Waals surface area contributed by atoms with E-state index in [1.54, 1.807) is 44.2 Å². The third-order valence-corrected chi connectivity index (χ3v) is 4.04. The van der Waals surface area contributed by atoms with Crippen molar-refractivity contribution < 1.29 is 24.6 Å². The number of carbonyl (C=O) groups excluding carboxylic acids is 1. The van der Waals surface area contributed by atoms with Crippen LogP contribution in [-0.4, -0.2) is 28.1 Å². The molecule has 1 aliphatic rings. The number of nitrogens with one attached hydrogen (secondary N) is 1. The van der Waals surface area contributed by atoms with Crippen molar-refractivity contribution in [2.45, 2.75) is 19.9 Å². The minimum Gasteiger partial charge on any atom is -0.481 e. The van der Waals surface area contributed by atoms with Gasteiger partial charge in [-0.25, -0.2) is 4.79 Å². The molecular weight excluding hydrogens is 274 g/mol. The predicted molar refractivity (Wildman–Crippen MR) is 73.4 cm³/mol. The van der Waals surface area contributed by atoms with Gasteiger partial charge in [-0.3, -0.25) is 9.59 Å². The van der Waals surface area contributed by atoms with Crippen LogP contribution in [0.1, 0.15) is 25.5 Å². The van der Waals surface area contributed by atoms with Crippen LogP contribution in [0.15, 0.2) is 30.3 Å². The lowest BCUT2D eigenvalue weighted by molar-refractivity contribution is -0.142. The number of rotatable bonds is 5.